The van der Waals surface area contributed by atoms with Gasteiger partial charge in [-0.25, -0.2) is 9.98 Å². The number of hydrogen-bond donors (Lipinski definition) is 2. The van der Waals surface area contributed by atoms with E-state index in [0.29, 0.717) is 21.8 Å². The summed E-state index contributed by atoms with van der Waals surface area (Å²) in [4.78, 5) is 24.0. The first-order valence-electron chi connectivity index (χ1n) is 12.9. The minimum atomic E-state index is -0.379. The Morgan fingerprint density at radius 2 is 1.55 bits per heavy atom. The number of carbonyl (C=O) groups excluding carboxylic acids is 1. The molecule has 2 N–H and O–H groups in total. The molecule has 6 rings (SSSR count). The first-order valence-corrected chi connectivity index (χ1v) is 13.7. The van der Waals surface area contributed by atoms with Gasteiger partial charge in [0.15, 0.2) is 5.13 Å². The molecule has 0 fully saturated rings. The molecule has 0 radical (unpaired) electrons. The van der Waals surface area contributed by atoms with Crippen molar-refractivity contribution in [3.63, 3.8) is 0 Å². The minimum Gasteiger partial charge on any atom is -0.508 e. The molecule has 40 heavy (non-hydrogen) atoms. The fraction of sp³-hybridized carbons (Fsp3) is 0.0606. The van der Waals surface area contributed by atoms with E-state index in [1.165, 1.54) is 17.4 Å². The summed E-state index contributed by atoms with van der Waals surface area (Å²) in [5, 5.41) is 14.1. The van der Waals surface area contributed by atoms with E-state index in [4.69, 9.17) is 9.40 Å². The van der Waals surface area contributed by atoms with Crippen LogP contribution < -0.4 is 10.9 Å². The van der Waals surface area contributed by atoms with Crippen LogP contribution in [-0.2, 0) is 6.42 Å². The third kappa shape index (κ3) is 5.28. The number of nitrogens with one attached hydrogen (secondary N) is 1. The van der Waals surface area contributed by atoms with Crippen LogP contribution in [0.15, 0.2) is 119 Å². The first-order chi connectivity index (χ1) is 19.6. The Labute approximate surface area is 235 Å². The molecular weight excluding hydrogens is 518 g/mol. The zero-order valence-corrected chi connectivity index (χ0v) is 22.5. The summed E-state index contributed by atoms with van der Waals surface area (Å²) in [5.74, 6) is -0.311. The molecule has 4 aromatic carbocycles. The van der Waals surface area contributed by atoms with Gasteiger partial charge in [-0.05, 0) is 47.9 Å². The van der Waals surface area contributed by atoms with Crippen molar-refractivity contribution < 1.29 is 14.3 Å². The number of amides is 1. The lowest BCUT2D eigenvalue weighted by Gasteiger charge is -2.06. The van der Waals surface area contributed by atoms with Crippen LogP contribution >= 0.6 is 11.3 Å². The largest absolute Gasteiger partial charge is 0.508 e. The molecule has 0 aliphatic carbocycles. The lowest BCUT2D eigenvalue weighted by atomic mass is 10.0. The minimum absolute atomic E-state index is 0.0679. The van der Waals surface area contributed by atoms with Gasteiger partial charge in [-0.2, -0.15) is 0 Å². The maximum absolute atomic E-state index is 13.6. The molecule has 2 heterocycles. The maximum Gasteiger partial charge on any atom is 0.262 e. The quantitative estimate of drug-likeness (QED) is 0.223. The van der Waals surface area contributed by atoms with Gasteiger partial charge in [0.1, 0.15) is 16.9 Å². The Balaban J connectivity index is 1.34. The smallest absolute Gasteiger partial charge is 0.262 e. The average Bonchev–Trinajstić information content (AvgIpc) is 3.40. The third-order valence-corrected chi connectivity index (χ3v) is 7.58. The number of phenols is 1. The number of hydrogen-bond acceptors (Lipinski definition) is 6. The molecule has 0 unspecified atom stereocenters. The summed E-state index contributed by atoms with van der Waals surface area (Å²) in [6.07, 6.45) is 0.784. The summed E-state index contributed by atoms with van der Waals surface area (Å²) in [7, 11) is 0. The number of aromatic nitrogens is 1. The van der Waals surface area contributed by atoms with Crippen LogP contribution in [0.1, 0.15) is 22.2 Å². The Morgan fingerprint density at radius 1 is 0.875 bits per heavy atom. The van der Waals surface area contributed by atoms with Gasteiger partial charge in [0.2, 0.25) is 5.55 Å². The lowest BCUT2D eigenvalue weighted by Crippen LogP contribution is -2.21. The highest BCUT2D eigenvalue weighted by atomic mass is 32.1. The standard InChI is InChI=1S/C33H25N3O3S/c1-2-29-30(23-15-13-22(14-16-23)21-9-5-3-6-10-21)35-33(40-29)36-31(38)27-19-24-17-18-26(37)20-28(24)39-32(27)34-25-11-7-4-8-12-25/h3-20,37H,2H2,1H3,(H,35,36,38). The number of nitrogens with zero attached hydrogens (tertiary/aromatic N) is 2. The van der Waals surface area contributed by atoms with Crippen molar-refractivity contribution in [3.8, 4) is 28.1 Å². The van der Waals surface area contributed by atoms with Crippen molar-refractivity contribution in [2.24, 2.45) is 4.99 Å². The SMILES string of the molecule is CCc1sc(NC(=O)c2cc3ccc(O)cc3oc2=Nc2ccccc2)nc1-c1ccc(-c2ccccc2)cc1. The zero-order chi connectivity index (χ0) is 27.5. The van der Waals surface area contributed by atoms with E-state index < -0.39 is 0 Å². The van der Waals surface area contributed by atoms with Gasteiger partial charge in [0.25, 0.3) is 5.91 Å². The molecule has 7 heteroatoms. The number of rotatable bonds is 6. The molecule has 0 spiro atoms. The van der Waals surface area contributed by atoms with Crippen LogP contribution in [0.5, 0.6) is 5.75 Å². The Bertz CT molecular complexity index is 1880. The normalized spacial score (nSPS) is 11.6. The van der Waals surface area contributed by atoms with Crippen molar-refractivity contribution in [3.05, 3.63) is 125 Å². The van der Waals surface area contributed by atoms with Crippen LogP contribution in [-0.4, -0.2) is 16.0 Å². The first kappa shape index (κ1) is 25.3. The van der Waals surface area contributed by atoms with Gasteiger partial charge in [0, 0.05) is 21.9 Å². The highest BCUT2D eigenvalue weighted by molar-refractivity contribution is 7.16. The van der Waals surface area contributed by atoms with Crippen molar-refractivity contribution in [2.75, 3.05) is 5.32 Å². The predicted molar refractivity (Wildman–Crippen MR) is 160 cm³/mol. The molecular formula is C33H25N3O3S. The summed E-state index contributed by atoms with van der Waals surface area (Å²) >= 11 is 1.46. The molecule has 196 valence electrons. The van der Waals surface area contributed by atoms with Crippen molar-refractivity contribution in [1.29, 1.82) is 0 Å². The second-order valence-corrected chi connectivity index (χ2v) is 10.3. The molecule has 0 saturated heterocycles. The molecule has 0 atom stereocenters. The van der Waals surface area contributed by atoms with Crippen LogP contribution in [0.3, 0.4) is 0 Å². The van der Waals surface area contributed by atoms with Crippen molar-refractivity contribution in [2.45, 2.75) is 13.3 Å². The summed E-state index contributed by atoms with van der Waals surface area (Å²) in [6, 6.07) is 34.3. The summed E-state index contributed by atoms with van der Waals surface area (Å²) in [5.41, 5.74) is 5.62. The van der Waals surface area contributed by atoms with Crippen molar-refractivity contribution in [1.82, 2.24) is 4.98 Å². The van der Waals surface area contributed by atoms with Gasteiger partial charge >= 0.3 is 0 Å². The number of benzene rings is 4. The Hall–Kier alpha value is -5.01. The number of aryl methyl sites for hydroxylation is 1. The fourth-order valence-electron chi connectivity index (χ4n) is 4.46. The molecule has 6 nitrogen and oxygen atoms in total. The van der Waals surface area contributed by atoms with E-state index in [1.54, 1.807) is 18.2 Å². The highest BCUT2D eigenvalue weighted by Crippen LogP contribution is 2.33. The number of fused-ring (bicyclic) bond motifs is 1. The number of thiazole rings is 1. The van der Waals surface area contributed by atoms with Gasteiger partial charge in [0.05, 0.1) is 11.4 Å². The molecule has 1 amide bonds. The molecule has 0 aliphatic heterocycles. The molecule has 0 bridgehead atoms. The molecule has 6 aromatic rings. The number of phenolic OH excluding ortho intramolecular Hbond substituents is 1. The van der Waals surface area contributed by atoms with Gasteiger partial charge < -0.3 is 9.52 Å². The molecule has 0 aliphatic rings. The summed E-state index contributed by atoms with van der Waals surface area (Å²) < 4.78 is 6.00. The average molecular weight is 544 g/mol. The van der Waals surface area contributed by atoms with Crippen LogP contribution in [0.2, 0.25) is 0 Å². The third-order valence-electron chi connectivity index (χ3n) is 6.47. The van der Waals surface area contributed by atoms with E-state index in [0.717, 1.165) is 33.7 Å². The van der Waals surface area contributed by atoms with E-state index in [2.05, 4.69) is 53.6 Å². The lowest BCUT2D eigenvalue weighted by molar-refractivity contribution is 0.102. The number of carbonyl (C=O) groups is 1. The van der Waals surface area contributed by atoms with Gasteiger partial charge in [-0.3, -0.25) is 10.1 Å². The number of para-hydroxylation sites is 1. The highest BCUT2D eigenvalue weighted by Gasteiger charge is 2.18. The van der Waals surface area contributed by atoms with E-state index in [9.17, 15) is 9.90 Å². The van der Waals surface area contributed by atoms with Crippen LogP contribution in [0, 0.1) is 0 Å². The molecule has 0 saturated carbocycles. The van der Waals surface area contributed by atoms with E-state index in [1.807, 2.05) is 48.5 Å². The topological polar surface area (TPSA) is 87.7 Å². The van der Waals surface area contributed by atoms with Gasteiger partial charge in [-0.1, -0.05) is 79.7 Å². The van der Waals surface area contributed by atoms with E-state index in [-0.39, 0.29) is 22.8 Å². The number of aromatic hydroxyl groups is 1. The fourth-order valence-corrected chi connectivity index (χ4v) is 5.38. The summed E-state index contributed by atoms with van der Waals surface area (Å²) in [6.45, 7) is 2.08. The monoisotopic (exact) mass is 543 g/mol. The second kappa shape index (κ2) is 11.0. The second-order valence-electron chi connectivity index (χ2n) is 9.18. The molecule has 2 aromatic heterocycles. The van der Waals surface area contributed by atoms with Crippen molar-refractivity contribution >= 4 is 39.0 Å². The zero-order valence-electron chi connectivity index (χ0n) is 21.7. The van der Waals surface area contributed by atoms with Crippen LogP contribution in [0.4, 0.5) is 10.8 Å². The Morgan fingerprint density at radius 3 is 2.27 bits per heavy atom. The Kier molecular flexibility index (Phi) is 6.95. The predicted octanol–water partition coefficient (Wildman–Crippen LogP) is 7.98. The van der Waals surface area contributed by atoms with Crippen LogP contribution in [0.25, 0.3) is 33.4 Å². The maximum atomic E-state index is 13.6. The number of anilines is 1. The van der Waals surface area contributed by atoms with Gasteiger partial charge in [-0.15, -0.1) is 11.3 Å². The van der Waals surface area contributed by atoms with E-state index >= 15 is 0 Å².